The van der Waals surface area contributed by atoms with Crippen molar-refractivity contribution in [2.24, 2.45) is 0 Å². The third-order valence-corrected chi connectivity index (χ3v) is 5.80. The van der Waals surface area contributed by atoms with E-state index in [1.165, 1.54) is 22.3 Å². The Morgan fingerprint density at radius 2 is 1.55 bits per heavy atom. The van der Waals surface area contributed by atoms with Crippen LogP contribution in [0.25, 0.3) is 0 Å². The summed E-state index contributed by atoms with van der Waals surface area (Å²) in [7, 11) is 0. The first-order chi connectivity index (χ1) is 19.2. The van der Waals surface area contributed by atoms with E-state index in [0.717, 1.165) is 41.9 Å². The van der Waals surface area contributed by atoms with Gasteiger partial charge >= 0.3 is 0 Å². The standard InChI is InChI=1S/C27H33NO.C9H16.C2H6/c1-6-8-12-25(21(3)4)20-29-26-17-15-23(16-18-26)19-22(5)28-27(7-2)24-13-10-9-11-14-24;1-5-6-9(4)7-8(2)3;1-2/h6,8-18,27-28H,3,5,7,19-20H2,1-2,4H3;6-7H,5H2,1-4H3;1-2H3/b8-6-,25-12-;9-6-;. The topological polar surface area (TPSA) is 21.3 Å². The van der Waals surface area contributed by atoms with Gasteiger partial charge in [-0.1, -0.05) is 130 Å². The van der Waals surface area contributed by atoms with Crippen LogP contribution in [0, 0.1) is 0 Å². The smallest absolute Gasteiger partial charge is 0.119 e. The van der Waals surface area contributed by atoms with E-state index in [-0.39, 0.29) is 6.04 Å². The normalized spacial score (nSPS) is 11.8. The van der Waals surface area contributed by atoms with Gasteiger partial charge in [0.15, 0.2) is 0 Å². The Labute approximate surface area is 247 Å². The van der Waals surface area contributed by atoms with E-state index in [1.807, 2.05) is 64.1 Å². The molecule has 0 spiro atoms. The minimum Gasteiger partial charge on any atom is -0.489 e. The lowest BCUT2D eigenvalue weighted by Gasteiger charge is -2.20. The van der Waals surface area contributed by atoms with Crippen LogP contribution in [0.4, 0.5) is 0 Å². The van der Waals surface area contributed by atoms with Gasteiger partial charge in [-0.2, -0.15) is 0 Å². The lowest BCUT2D eigenvalue weighted by Crippen LogP contribution is -2.20. The van der Waals surface area contributed by atoms with Crippen LogP contribution in [-0.2, 0) is 6.42 Å². The van der Waals surface area contributed by atoms with Crippen molar-refractivity contribution in [3.63, 3.8) is 0 Å². The van der Waals surface area contributed by atoms with Gasteiger partial charge in [0.2, 0.25) is 0 Å². The van der Waals surface area contributed by atoms with Gasteiger partial charge in [0.05, 0.1) is 6.04 Å². The first-order valence-electron chi connectivity index (χ1n) is 14.7. The van der Waals surface area contributed by atoms with Crippen molar-refractivity contribution in [2.45, 2.75) is 87.6 Å². The van der Waals surface area contributed by atoms with Gasteiger partial charge in [0, 0.05) is 12.1 Å². The molecule has 0 aliphatic rings. The number of ether oxygens (including phenoxy) is 1. The van der Waals surface area contributed by atoms with Gasteiger partial charge in [-0.25, -0.2) is 0 Å². The quantitative estimate of drug-likeness (QED) is 0.255. The van der Waals surface area contributed by atoms with E-state index >= 15 is 0 Å². The van der Waals surface area contributed by atoms with Crippen molar-refractivity contribution >= 4 is 0 Å². The van der Waals surface area contributed by atoms with Crippen LogP contribution in [0.1, 0.15) is 92.3 Å². The van der Waals surface area contributed by atoms with Gasteiger partial charge in [-0.15, -0.1) is 0 Å². The molecule has 0 radical (unpaired) electrons. The Hall–Kier alpha value is -3.52. The molecule has 0 aliphatic carbocycles. The summed E-state index contributed by atoms with van der Waals surface area (Å²) in [6, 6.07) is 19.0. The van der Waals surface area contributed by atoms with Crippen molar-refractivity contribution in [1.82, 2.24) is 5.32 Å². The largest absolute Gasteiger partial charge is 0.489 e. The van der Waals surface area contributed by atoms with E-state index in [0.29, 0.717) is 6.61 Å². The summed E-state index contributed by atoms with van der Waals surface area (Å²) in [5.41, 5.74) is 8.38. The van der Waals surface area contributed by atoms with Gasteiger partial charge in [0.1, 0.15) is 12.4 Å². The molecule has 0 heterocycles. The Kier molecular flexibility index (Phi) is 20.3. The van der Waals surface area contributed by atoms with Crippen LogP contribution in [0.15, 0.2) is 126 Å². The summed E-state index contributed by atoms with van der Waals surface area (Å²) >= 11 is 0. The molecular formula is C38H55NO. The second-order valence-corrected chi connectivity index (χ2v) is 9.80. The van der Waals surface area contributed by atoms with Crippen molar-refractivity contribution in [2.75, 3.05) is 6.61 Å². The van der Waals surface area contributed by atoms with Gasteiger partial charge in [0.25, 0.3) is 0 Å². The fourth-order valence-electron chi connectivity index (χ4n) is 3.88. The Bertz CT molecular complexity index is 1090. The molecule has 2 nitrogen and oxygen atoms in total. The fourth-order valence-corrected chi connectivity index (χ4v) is 3.88. The highest BCUT2D eigenvalue weighted by molar-refractivity contribution is 5.33. The molecule has 0 saturated heterocycles. The molecule has 0 saturated carbocycles. The van der Waals surface area contributed by atoms with Gasteiger partial charge in [-0.3, -0.25) is 0 Å². The summed E-state index contributed by atoms with van der Waals surface area (Å²) in [5, 5.41) is 3.57. The number of hydrogen-bond donors (Lipinski definition) is 1. The molecular weight excluding hydrogens is 486 g/mol. The number of allylic oxidation sites excluding steroid dienone is 8. The zero-order valence-electron chi connectivity index (χ0n) is 26.8. The van der Waals surface area contributed by atoms with Crippen LogP contribution in [0.3, 0.4) is 0 Å². The highest BCUT2D eigenvalue weighted by atomic mass is 16.5. The Morgan fingerprint density at radius 3 is 2.05 bits per heavy atom. The summed E-state index contributed by atoms with van der Waals surface area (Å²) in [4.78, 5) is 0. The minimum atomic E-state index is 0.288. The minimum absolute atomic E-state index is 0.288. The molecule has 2 aromatic carbocycles. The number of nitrogens with one attached hydrogen (secondary N) is 1. The van der Waals surface area contributed by atoms with Crippen LogP contribution in [-0.4, -0.2) is 6.61 Å². The van der Waals surface area contributed by atoms with Crippen molar-refractivity contribution < 1.29 is 4.74 Å². The van der Waals surface area contributed by atoms with Crippen LogP contribution in [0.5, 0.6) is 5.75 Å². The molecule has 40 heavy (non-hydrogen) atoms. The summed E-state index contributed by atoms with van der Waals surface area (Å²) < 4.78 is 5.93. The number of rotatable bonds is 13. The molecule has 0 fully saturated rings. The van der Waals surface area contributed by atoms with E-state index < -0.39 is 0 Å². The van der Waals surface area contributed by atoms with Crippen molar-refractivity contribution in [1.29, 1.82) is 0 Å². The van der Waals surface area contributed by atoms with E-state index in [1.54, 1.807) is 0 Å². The van der Waals surface area contributed by atoms with Crippen LogP contribution >= 0.6 is 0 Å². The second-order valence-electron chi connectivity index (χ2n) is 9.80. The first kappa shape index (κ1) is 36.5. The Morgan fingerprint density at radius 1 is 0.925 bits per heavy atom. The maximum atomic E-state index is 5.93. The van der Waals surface area contributed by atoms with Crippen molar-refractivity contribution in [3.05, 3.63) is 137 Å². The average Bonchev–Trinajstić information content (AvgIpc) is 2.94. The zero-order valence-corrected chi connectivity index (χ0v) is 26.8. The predicted octanol–water partition coefficient (Wildman–Crippen LogP) is 11.3. The molecule has 1 N–H and O–H groups in total. The lowest BCUT2D eigenvalue weighted by atomic mass is 10.0. The van der Waals surface area contributed by atoms with Crippen LogP contribution in [0.2, 0.25) is 0 Å². The maximum Gasteiger partial charge on any atom is 0.119 e. The molecule has 2 rings (SSSR count). The van der Waals surface area contributed by atoms with E-state index in [9.17, 15) is 0 Å². The monoisotopic (exact) mass is 541 g/mol. The molecule has 1 atom stereocenters. The lowest BCUT2D eigenvalue weighted by molar-refractivity contribution is 0.354. The maximum absolute atomic E-state index is 5.93. The van der Waals surface area contributed by atoms with Crippen LogP contribution < -0.4 is 10.1 Å². The molecule has 2 aromatic rings. The highest BCUT2D eigenvalue weighted by Gasteiger charge is 2.09. The number of benzene rings is 2. The predicted molar refractivity (Wildman–Crippen MR) is 180 cm³/mol. The second kappa shape index (κ2) is 22.3. The third-order valence-electron chi connectivity index (χ3n) is 5.80. The molecule has 0 bridgehead atoms. The molecule has 1 unspecified atom stereocenters. The average molecular weight is 542 g/mol. The fraction of sp³-hybridized carbons (Fsp3) is 0.368. The van der Waals surface area contributed by atoms with E-state index in [4.69, 9.17) is 4.74 Å². The number of hydrogen-bond acceptors (Lipinski definition) is 2. The SMILES string of the molecule is C=C(Cc1ccc(OC/C(=C/C=C\C)C(=C)C)cc1)NC(CC)c1ccccc1.CC.CC/C=C(/C)C=C(C)C. The first-order valence-corrected chi connectivity index (χ1v) is 14.7. The third kappa shape index (κ3) is 16.4. The van der Waals surface area contributed by atoms with Crippen molar-refractivity contribution in [3.8, 4) is 5.75 Å². The summed E-state index contributed by atoms with van der Waals surface area (Å²) in [5.74, 6) is 0.857. The Balaban J connectivity index is 0.00000117. The van der Waals surface area contributed by atoms with E-state index in [2.05, 4.69) is 102 Å². The molecule has 0 amide bonds. The van der Waals surface area contributed by atoms with Gasteiger partial charge in [-0.05, 0) is 76.3 Å². The van der Waals surface area contributed by atoms with Gasteiger partial charge < -0.3 is 10.1 Å². The molecule has 218 valence electrons. The molecule has 0 aromatic heterocycles. The molecule has 2 heteroatoms. The summed E-state index contributed by atoms with van der Waals surface area (Å²) in [6.07, 6.45) is 13.4. The molecule has 0 aliphatic heterocycles. The zero-order chi connectivity index (χ0) is 30.3. The highest BCUT2D eigenvalue weighted by Crippen LogP contribution is 2.20. The summed E-state index contributed by atoms with van der Waals surface area (Å²) in [6.45, 7) is 27.5.